The fraction of sp³-hybridized carbons (Fsp3) is 0.647. The standard InChI is InChI=1S/C17H26ClN3/c18-16-4-1-5-17(13-16)21-11-9-20(10-12-21)8-6-15-3-2-7-19-14-15/h1,4-5,13,15,19H,2-3,6-12,14H2. The highest BCUT2D eigenvalue weighted by Gasteiger charge is 2.19. The van der Waals surface area contributed by atoms with E-state index in [1.54, 1.807) is 0 Å². The molecule has 0 spiro atoms. The third-order valence-corrected chi connectivity index (χ3v) is 5.03. The van der Waals surface area contributed by atoms with Crippen LogP contribution in [-0.4, -0.2) is 50.7 Å². The van der Waals surface area contributed by atoms with Crippen molar-refractivity contribution >= 4 is 17.3 Å². The molecule has 1 unspecified atom stereocenters. The van der Waals surface area contributed by atoms with Crippen molar-refractivity contribution in [1.29, 1.82) is 0 Å². The molecule has 0 saturated carbocycles. The normalized spacial score (nSPS) is 24.2. The van der Waals surface area contributed by atoms with Gasteiger partial charge in [0, 0.05) is 36.9 Å². The molecule has 0 aromatic heterocycles. The number of rotatable bonds is 4. The zero-order chi connectivity index (χ0) is 14.5. The van der Waals surface area contributed by atoms with Gasteiger partial charge in [-0.25, -0.2) is 0 Å². The lowest BCUT2D eigenvalue weighted by Crippen LogP contribution is -2.47. The minimum atomic E-state index is 0.833. The number of piperidine rings is 1. The number of benzene rings is 1. The molecular weight excluding hydrogens is 282 g/mol. The molecule has 1 aromatic rings. The minimum absolute atomic E-state index is 0.833. The third kappa shape index (κ3) is 4.35. The largest absolute Gasteiger partial charge is 0.369 e. The van der Waals surface area contributed by atoms with Crippen LogP contribution in [0.3, 0.4) is 0 Å². The highest BCUT2D eigenvalue weighted by Crippen LogP contribution is 2.21. The second kappa shape index (κ2) is 7.48. The Balaban J connectivity index is 1.42. The van der Waals surface area contributed by atoms with Gasteiger partial charge in [-0.15, -0.1) is 0 Å². The Hall–Kier alpha value is -0.770. The quantitative estimate of drug-likeness (QED) is 0.923. The van der Waals surface area contributed by atoms with Crippen LogP contribution in [0.5, 0.6) is 0 Å². The first-order valence-corrected chi connectivity index (χ1v) is 8.62. The number of nitrogens with zero attached hydrogens (tertiary/aromatic N) is 2. The number of nitrogens with one attached hydrogen (secondary N) is 1. The van der Waals surface area contributed by atoms with Gasteiger partial charge in [-0.1, -0.05) is 17.7 Å². The van der Waals surface area contributed by atoms with Crippen LogP contribution in [0.2, 0.25) is 5.02 Å². The SMILES string of the molecule is Clc1cccc(N2CCN(CCC3CCCNC3)CC2)c1. The average Bonchev–Trinajstić information content (AvgIpc) is 2.54. The molecule has 2 fully saturated rings. The van der Waals surface area contributed by atoms with Crippen molar-refractivity contribution in [3.63, 3.8) is 0 Å². The Morgan fingerprint density at radius 2 is 2.05 bits per heavy atom. The van der Waals surface area contributed by atoms with Gasteiger partial charge in [-0.3, -0.25) is 4.90 Å². The summed E-state index contributed by atoms with van der Waals surface area (Å²) in [4.78, 5) is 5.07. The van der Waals surface area contributed by atoms with Crippen LogP contribution in [0, 0.1) is 5.92 Å². The first-order chi connectivity index (χ1) is 10.3. The predicted octanol–water partition coefficient (Wildman–Crippen LogP) is 2.85. The molecule has 2 aliphatic rings. The van der Waals surface area contributed by atoms with Crippen LogP contribution in [0.4, 0.5) is 5.69 Å². The summed E-state index contributed by atoms with van der Waals surface area (Å²) in [5, 5.41) is 4.35. The van der Waals surface area contributed by atoms with E-state index in [1.165, 1.54) is 57.7 Å². The summed E-state index contributed by atoms with van der Waals surface area (Å²) in [6, 6.07) is 8.22. The van der Waals surface area contributed by atoms with Crippen LogP contribution in [0.15, 0.2) is 24.3 Å². The lowest BCUT2D eigenvalue weighted by molar-refractivity contribution is 0.226. The summed E-state index contributed by atoms with van der Waals surface area (Å²) < 4.78 is 0. The Kier molecular flexibility index (Phi) is 5.39. The fourth-order valence-electron chi connectivity index (χ4n) is 3.44. The molecule has 4 heteroatoms. The van der Waals surface area contributed by atoms with Gasteiger partial charge in [-0.2, -0.15) is 0 Å². The van der Waals surface area contributed by atoms with Crippen LogP contribution in [0.1, 0.15) is 19.3 Å². The molecule has 3 rings (SSSR count). The van der Waals surface area contributed by atoms with Crippen molar-refractivity contribution in [3.8, 4) is 0 Å². The Morgan fingerprint density at radius 1 is 1.19 bits per heavy atom. The molecule has 0 radical (unpaired) electrons. The van der Waals surface area contributed by atoms with Crippen LogP contribution >= 0.6 is 11.6 Å². The number of hydrogen-bond acceptors (Lipinski definition) is 3. The number of hydrogen-bond donors (Lipinski definition) is 1. The molecular formula is C17H26ClN3. The molecule has 1 atom stereocenters. The van der Waals surface area contributed by atoms with E-state index in [4.69, 9.17) is 11.6 Å². The molecule has 0 bridgehead atoms. The van der Waals surface area contributed by atoms with E-state index in [1.807, 2.05) is 12.1 Å². The maximum absolute atomic E-state index is 6.09. The van der Waals surface area contributed by atoms with Crippen molar-refractivity contribution in [2.75, 3.05) is 50.7 Å². The lowest BCUT2D eigenvalue weighted by Gasteiger charge is -2.37. The number of halogens is 1. The number of piperazine rings is 1. The average molecular weight is 308 g/mol. The van der Waals surface area contributed by atoms with E-state index < -0.39 is 0 Å². The maximum Gasteiger partial charge on any atom is 0.0426 e. The summed E-state index contributed by atoms with van der Waals surface area (Å²) in [6.45, 7) is 8.28. The van der Waals surface area contributed by atoms with E-state index in [2.05, 4.69) is 27.2 Å². The molecule has 1 N–H and O–H groups in total. The van der Waals surface area contributed by atoms with Gasteiger partial charge in [0.05, 0.1) is 0 Å². The third-order valence-electron chi connectivity index (χ3n) is 4.80. The smallest absolute Gasteiger partial charge is 0.0426 e. The monoisotopic (exact) mass is 307 g/mol. The highest BCUT2D eigenvalue weighted by atomic mass is 35.5. The zero-order valence-corrected chi connectivity index (χ0v) is 13.5. The van der Waals surface area contributed by atoms with Gasteiger partial charge >= 0.3 is 0 Å². The Labute approximate surface area is 133 Å². The maximum atomic E-state index is 6.09. The first kappa shape index (κ1) is 15.1. The fourth-order valence-corrected chi connectivity index (χ4v) is 3.62. The summed E-state index contributed by atoms with van der Waals surface area (Å²) >= 11 is 6.09. The summed E-state index contributed by atoms with van der Waals surface area (Å²) in [7, 11) is 0. The van der Waals surface area contributed by atoms with Gasteiger partial charge < -0.3 is 10.2 Å². The topological polar surface area (TPSA) is 18.5 Å². The van der Waals surface area contributed by atoms with Gasteiger partial charge in [0.1, 0.15) is 0 Å². The molecule has 3 nitrogen and oxygen atoms in total. The molecule has 2 aliphatic heterocycles. The van der Waals surface area contributed by atoms with Crippen molar-refractivity contribution in [3.05, 3.63) is 29.3 Å². The number of anilines is 1. The minimum Gasteiger partial charge on any atom is -0.369 e. The molecule has 1 aromatic carbocycles. The van der Waals surface area contributed by atoms with Gasteiger partial charge in [0.2, 0.25) is 0 Å². The van der Waals surface area contributed by atoms with Crippen LogP contribution in [-0.2, 0) is 0 Å². The highest BCUT2D eigenvalue weighted by molar-refractivity contribution is 6.30. The summed E-state index contributed by atoms with van der Waals surface area (Å²) in [5.74, 6) is 0.893. The van der Waals surface area contributed by atoms with E-state index in [0.717, 1.165) is 24.0 Å². The predicted molar refractivity (Wildman–Crippen MR) is 90.3 cm³/mol. The molecule has 2 heterocycles. The Morgan fingerprint density at radius 3 is 2.76 bits per heavy atom. The van der Waals surface area contributed by atoms with Gasteiger partial charge in [0.15, 0.2) is 0 Å². The first-order valence-electron chi connectivity index (χ1n) is 8.25. The molecule has 0 aliphatic carbocycles. The van der Waals surface area contributed by atoms with Crippen molar-refractivity contribution < 1.29 is 0 Å². The summed E-state index contributed by atoms with van der Waals surface area (Å²) in [5.41, 5.74) is 1.26. The summed E-state index contributed by atoms with van der Waals surface area (Å²) in [6.07, 6.45) is 4.12. The molecule has 2 saturated heterocycles. The Bertz CT molecular complexity index is 437. The van der Waals surface area contributed by atoms with Crippen LogP contribution < -0.4 is 10.2 Å². The van der Waals surface area contributed by atoms with E-state index >= 15 is 0 Å². The van der Waals surface area contributed by atoms with E-state index in [0.29, 0.717) is 0 Å². The molecule has 21 heavy (non-hydrogen) atoms. The van der Waals surface area contributed by atoms with Crippen molar-refractivity contribution in [2.45, 2.75) is 19.3 Å². The second-order valence-electron chi connectivity index (χ2n) is 6.31. The van der Waals surface area contributed by atoms with Gasteiger partial charge in [0.25, 0.3) is 0 Å². The molecule has 0 amide bonds. The van der Waals surface area contributed by atoms with Crippen LogP contribution in [0.25, 0.3) is 0 Å². The van der Waals surface area contributed by atoms with Gasteiger partial charge in [-0.05, 0) is 63.0 Å². The van der Waals surface area contributed by atoms with Crippen molar-refractivity contribution in [2.24, 2.45) is 5.92 Å². The second-order valence-corrected chi connectivity index (χ2v) is 6.75. The van der Waals surface area contributed by atoms with E-state index in [-0.39, 0.29) is 0 Å². The van der Waals surface area contributed by atoms with Crippen molar-refractivity contribution in [1.82, 2.24) is 10.2 Å². The van der Waals surface area contributed by atoms with E-state index in [9.17, 15) is 0 Å². The lowest BCUT2D eigenvalue weighted by atomic mass is 9.96. The molecule has 116 valence electrons. The zero-order valence-electron chi connectivity index (χ0n) is 12.7.